The summed E-state index contributed by atoms with van der Waals surface area (Å²) in [6, 6.07) is 17.5. The predicted octanol–water partition coefficient (Wildman–Crippen LogP) is 4.91. The summed E-state index contributed by atoms with van der Waals surface area (Å²) < 4.78 is 5.80. The molecule has 0 aromatic heterocycles. The number of aryl methyl sites for hydroxylation is 2. The van der Waals surface area contributed by atoms with Crippen molar-refractivity contribution in [1.82, 2.24) is 0 Å². The third-order valence-electron chi connectivity index (χ3n) is 4.04. The number of hydrogen-bond donors (Lipinski definition) is 0. The molecule has 1 heterocycles. The lowest BCUT2D eigenvalue weighted by Gasteiger charge is -2.12. The maximum absolute atomic E-state index is 5.80. The van der Waals surface area contributed by atoms with E-state index in [4.69, 9.17) is 4.74 Å². The normalized spacial score (nSPS) is 17.7. The molecule has 1 heteroatoms. The minimum absolute atomic E-state index is 0.252. The van der Waals surface area contributed by atoms with Crippen LogP contribution < -0.4 is 0 Å². The lowest BCUT2D eigenvalue weighted by atomic mass is 9.94. The van der Waals surface area contributed by atoms with E-state index in [9.17, 15) is 0 Å². The largest absolute Gasteiger partial charge is 0.374 e. The number of ether oxygens (including phenoxy) is 1. The Labute approximate surface area is 127 Å². The van der Waals surface area contributed by atoms with Crippen LogP contribution in [-0.2, 0) is 4.74 Å². The maximum Gasteiger partial charge on any atom is 0.0765 e. The molecule has 21 heavy (non-hydrogen) atoms. The Bertz CT molecular complexity index is 566. The molecule has 0 bridgehead atoms. The average Bonchev–Trinajstić information content (AvgIpc) is 3.00. The Kier molecular flexibility index (Phi) is 4.21. The summed E-state index contributed by atoms with van der Waals surface area (Å²) in [5.74, 6) is 0. The van der Waals surface area contributed by atoms with Crippen LogP contribution in [-0.4, -0.2) is 12.7 Å². The van der Waals surface area contributed by atoms with E-state index in [1.807, 2.05) is 0 Å². The van der Waals surface area contributed by atoms with Crippen LogP contribution in [0.4, 0.5) is 0 Å². The highest BCUT2D eigenvalue weighted by molar-refractivity contribution is 5.80. The van der Waals surface area contributed by atoms with Crippen molar-refractivity contribution in [1.29, 1.82) is 0 Å². The SMILES string of the molecule is Cc1ccc(C(=CC2CCCO2)c2ccc(C)cc2)cc1. The van der Waals surface area contributed by atoms with Gasteiger partial charge in [0, 0.05) is 6.61 Å². The highest BCUT2D eigenvalue weighted by Gasteiger charge is 2.15. The molecule has 1 aliphatic rings. The van der Waals surface area contributed by atoms with Crippen molar-refractivity contribution < 1.29 is 4.74 Å². The summed E-state index contributed by atoms with van der Waals surface area (Å²) in [6.45, 7) is 5.13. The van der Waals surface area contributed by atoms with Crippen molar-refractivity contribution >= 4 is 5.57 Å². The van der Waals surface area contributed by atoms with Gasteiger partial charge >= 0.3 is 0 Å². The molecule has 0 aliphatic carbocycles. The molecule has 0 radical (unpaired) electrons. The van der Waals surface area contributed by atoms with Crippen molar-refractivity contribution in [3.05, 3.63) is 76.9 Å². The van der Waals surface area contributed by atoms with E-state index in [1.165, 1.54) is 27.8 Å². The van der Waals surface area contributed by atoms with Gasteiger partial charge in [-0.05, 0) is 49.5 Å². The van der Waals surface area contributed by atoms with Crippen LogP contribution in [0.2, 0.25) is 0 Å². The van der Waals surface area contributed by atoms with Crippen molar-refractivity contribution in [2.24, 2.45) is 0 Å². The third-order valence-corrected chi connectivity index (χ3v) is 4.04. The molecule has 0 N–H and O–H groups in total. The predicted molar refractivity (Wildman–Crippen MR) is 88.4 cm³/mol. The maximum atomic E-state index is 5.80. The van der Waals surface area contributed by atoms with Crippen molar-refractivity contribution in [2.75, 3.05) is 6.61 Å². The van der Waals surface area contributed by atoms with Gasteiger partial charge in [0.1, 0.15) is 0 Å². The van der Waals surface area contributed by atoms with Gasteiger partial charge in [-0.15, -0.1) is 0 Å². The second-order valence-electron chi connectivity index (χ2n) is 5.86. The molecule has 1 aliphatic heterocycles. The Morgan fingerprint density at radius 2 is 1.43 bits per heavy atom. The number of rotatable bonds is 3. The van der Waals surface area contributed by atoms with E-state index in [2.05, 4.69) is 68.5 Å². The number of benzene rings is 2. The lowest BCUT2D eigenvalue weighted by Crippen LogP contribution is -2.02. The monoisotopic (exact) mass is 278 g/mol. The van der Waals surface area contributed by atoms with E-state index in [0.29, 0.717) is 0 Å². The molecule has 0 amide bonds. The Balaban J connectivity index is 2.01. The Morgan fingerprint density at radius 3 is 1.86 bits per heavy atom. The highest BCUT2D eigenvalue weighted by Crippen LogP contribution is 2.27. The smallest absolute Gasteiger partial charge is 0.0765 e. The first-order valence-electron chi connectivity index (χ1n) is 7.70. The molecule has 1 nitrogen and oxygen atoms in total. The van der Waals surface area contributed by atoms with Crippen LogP contribution in [0.15, 0.2) is 54.6 Å². The highest BCUT2D eigenvalue weighted by atomic mass is 16.5. The summed E-state index contributed by atoms with van der Waals surface area (Å²) in [6.07, 6.45) is 4.84. The van der Waals surface area contributed by atoms with Crippen LogP contribution >= 0.6 is 0 Å². The summed E-state index contributed by atoms with van der Waals surface area (Å²) in [5.41, 5.74) is 6.39. The van der Waals surface area contributed by atoms with Gasteiger partial charge in [-0.2, -0.15) is 0 Å². The first-order valence-corrected chi connectivity index (χ1v) is 7.70. The zero-order chi connectivity index (χ0) is 14.7. The Morgan fingerprint density at radius 1 is 0.905 bits per heavy atom. The molecule has 1 atom stereocenters. The topological polar surface area (TPSA) is 9.23 Å². The van der Waals surface area contributed by atoms with E-state index in [1.54, 1.807) is 0 Å². The van der Waals surface area contributed by atoms with Crippen LogP contribution in [0.25, 0.3) is 5.57 Å². The van der Waals surface area contributed by atoms with Gasteiger partial charge in [0.2, 0.25) is 0 Å². The van der Waals surface area contributed by atoms with E-state index < -0.39 is 0 Å². The van der Waals surface area contributed by atoms with Gasteiger partial charge in [0.25, 0.3) is 0 Å². The standard InChI is InChI=1S/C20H22O/c1-15-5-9-17(10-6-15)20(14-19-4-3-13-21-19)18-11-7-16(2)8-12-18/h5-12,14,19H,3-4,13H2,1-2H3. The molecule has 2 aromatic rings. The number of hydrogen-bond acceptors (Lipinski definition) is 1. The van der Waals surface area contributed by atoms with E-state index in [0.717, 1.165) is 19.4 Å². The summed E-state index contributed by atoms with van der Waals surface area (Å²) in [4.78, 5) is 0. The van der Waals surface area contributed by atoms with Crippen molar-refractivity contribution in [3.8, 4) is 0 Å². The fourth-order valence-electron chi connectivity index (χ4n) is 2.75. The van der Waals surface area contributed by atoms with Crippen molar-refractivity contribution in [3.63, 3.8) is 0 Å². The minimum Gasteiger partial charge on any atom is -0.374 e. The Hall–Kier alpha value is -1.86. The summed E-state index contributed by atoms with van der Waals surface area (Å²) in [7, 11) is 0. The van der Waals surface area contributed by atoms with Gasteiger partial charge in [0.05, 0.1) is 6.10 Å². The van der Waals surface area contributed by atoms with E-state index in [-0.39, 0.29) is 6.10 Å². The first kappa shape index (κ1) is 14.1. The van der Waals surface area contributed by atoms with Gasteiger partial charge < -0.3 is 4.74 Å². The van der Waals surface area contributed by atoms with Crippen LogP contribution in [0.3, 0.4) is 0 Å². The fourth-order valence-corrected chi connectivity index (χ4v) is 2.75. The van der Waals surface area contributed by atoms with Gasteiger partial charge in [-0.3, -0.25) is 0 Å². The molecule has 0 saturated carbocycles. The molecule has 0 spiro atoms. The molecule has 3 rings (SSSR count). The molecule has 2 aromatic carbocycles. The second-order valence-corrected chi connectivity index (χ2v) is 5.86. The van der Waals surface area contributed by atoms with Gasteiger partial charge in [-0.1, -0.05) is 59.7 Å². The second kappa shape index (κ2) is 6.28. The van der Waals surface area contributed by atoms with Gasteiger partial charge in [0.15, 0.2) is 0 Å². The third kappa shape index (κ3) is 3.43. The van der Waals surface area contributed by atoms with Crippen LogP contribution in [0.5, 0.6) is 0 Å². The average molecular weight is 278 g/mol. The summed E-state index contributed by atoms with van der Waals surface area (Å²) >= 11 is 0. The fraction of sp³-hybridized carbons (Fsp3) is 0.300. The molecule has 1 saturated heterocycles. The quantitative estimate of drug-likeness (QED) is 0.774. The van der Waals surface area contributed by atoms with E-state index >= 15 is 0 Å². The zero-order valence-corrected chi connectivity index (χ0v) is 12.8. The van der Waals surface area contributed by atoms with Crippen molar-refractivity contribution in [2.45, 2.75) is 32.8 Å². The molecule has 1 fully saturated rings. The summed E-state index contributed by atoms with van der Waals surface area (Å²) in [5, 5.41) is 0. The lowest BCUT2D eigenvalue weighted by molar-refractivity contribution is 0.146. The molecule has 1 unspecified atom stereocenters. The van der Waals surface area contributed by atoms with Crippen LogP contribution in [0.1, 0.15) is 35.1 Å². The molecular weight excluding hydrogens is 256 g/mol. The first-order chi connectivity index (χ1) is 10.2. The van der Waals surface area contributed by atoms with Crippen LogP contribution in [0, 0.1) is 13.8 Å². The molecule has 108 valence electrons. The zero-order valence-electron chi connectivity index (χ0n) is 12.8. The minimum atomic E-state index is 0.252. The molecular formula is C20H22O. The van der Waals surface area contributed by atoms with Gasteiger partial charge in [-0.25, -0.2) is 0 Å².